The van der Waals surface area contributed by atoms with Crippen LogP contribution in [0.1, 0.15) is 26.3 Å². The van der Waals surface area contributed by atoms with Crippen LogP contribution < -0.4 is 15.4 Å². The van der Waals surface area contributed by atoms with E-state index in [9.17, 15) is 4.79 Å². The summed E-state index contributed by atoms with van der Waals surface area (Å²) in [6.45, 7) is 6.35. The molecule has 0 heterocycles. The SMILES string of the molecule is CC(C)(C)NC(=O)NCc1ccccc1OCCO. The van der Waals surface area contributed by atoms with E-state index in [4.69, 9.17) is 9.84 Å². The van der Waals surface area contributed by atoms with E-state index >= 15 is 0 Å². The lowest BCUT2D eigenvalue weighted by Crippen LogP contribution is -2.46. The van der Waals surface area contributed by atoms with Crippen LogP contribution in [0.25, 0.3) is 0 Å². The van der Waals surface area contributed by atoms with Gasteiger partial charge in [0.25, 0.3) is 0 Å². The molecule has 0 aliphatic carbocycles. The number of amides is 2. The highest BCUT2D eigenvalue weighted by Crippen LogP contribution is 2.17. The Morgan fingerprint density at radius 1 is 1.32 bits per heavy atom. The zero-order chi connectivity index (χ0) is 14.3. The van der Waals surface area contributed by atoms with Gasteiger partial charge in [-0.1, -0.05) is 18.2 Å². The smallest absolute Gasteiger partial charge is 0.315 e. The van der Waals surface area contributed by atoms with Gasteiger partial charge in [0.2, 0.25) is 0 Å². The van der Waals surface area contributed by atoms with Crippen molar-refractivity contribution in [1.29, 1.82) is 0 Å². The molecule has 1 aromatic rings. The molecule has 106 valence electrons. The molecule has 5 nitrogen and oxygen atoms in total. The molecule has 3 N–H and O–H groups in total. The number of carbonyl (C=O) groups excluding carboxylic acids is 1. The largest absolute Gasteiger partial charge is 0.491 e. The van der Waals surface area contributed by atoms with Crippen LogP contribution in [0, 0.1) is 0 Å². The van der Waals surface area contributed by atoms with Crippen molar-refractivity contribution in [2.45, 2.75) is 32.9 Å². The Balaban J connectivity index is 2.55. The Bertz CT molecular complexity index is 413. The van der Waals surface area contributed by atoms with Crippen molar-refractivity contribution in [3.05, 3.63) is 29.8 Å². The van der Waals surface area contributed by atoms with Crippen molar-refractivity contribution < 1.29 is 14.6 Å². The standard InChI is InChI=1S/C14H22N2O3/c1-14(2,3)16-13(18)15-10-11-6-4-5-7-12(11)19-9-8-17/h4-7,17H,8-10H2,1-3H3,(H2,15,16,18). The number of ether oxygens (including phenoxy) is 1. The molecule has 1 aromatic carbocycles. The van der Waals surface area contributed by atoms with Gasteiger partial charge in [-0.25, -0.2) is 4.79 Å². The number of rotatable bonds is 5. The molecule has 0 fully saturated rings. The maximum absolute atomic E-state index is 11.7. The van der Waals surface area contributed by atoms with E-state index in [-0.39, 0.29) is 24.8 Å². The topological polar surface area (TPSA) is 70.6 Å². The van der Waals surface area contributed by atoms with Crippen LogP contribution in [-0.4, -0.2) is 29.9 Å². The number of nitrogens with one attached hydrogen (secondary N) is 2. The number of aliphatic hydroxyl groups is 1. The maximum Gasteiger partial charge on any atom is 0.315 e. The molecule has 5 heteroatoms. The van der Waals surface area contributed by atoms with Gasteiger partial charge in [0.15, 0.2) is 0 Å². The predicted octanol–water partition coefficient (Wildman–Crippen LogP) is 1.66. The summed E-state index contributed by atoms with van der Waals surface area (Å²) in [6.07, 6.45) is 0. The summed E-state index contributed by atoms with van der Waals surface area (Å²) in [6, 6.07) is 7.21. The Labute approximate surface area is 114 Å². The van der Waals surface area contributed by atoms with Crippen LogP contribution >= 0.6 is 0 Å². The number of carbonyl (C=O) groups is 1. The Hall–Kier alpha value is -1.75. The van der Waals surface area contributed by atoms with E-state index < -0.39 is 0 Å². The highest BCUT2D eigenvalue weighted by Gasteiger charge is 2.13. The molecule has 0 spiro atoms. The van der Waals surface area contributed by atoms with Crippen LogP contribution in [-0.2, 0) is 6.54 Å². The molecule has 0 aromatic heterocycles. The van der Waals surface area contributed by atoms with Crippen LogP contribution in [0.5, 0.6) is 5.75 Å². The van der Waals surface area contributed by atoms with Gasteiger partial charge in [-0.3, -0.25) is 0 Å². The summed E-state index contributed by atoms with van der Waals surface area (Å²) in [5.41, 5.74) is 0.608. The minimum absolute atomic E-state index is 0.0354. The number of aliphatic hydroxyl groups excluding tert-OH is 1. The van der Waals surface area contributed by atoms with Crippen LogP contribution in [0.2, 0.25) is 0 Å². The fraction of sp³-hybridized carbons (Fsp3) is 0.500. The third-order valence-electron chi connectivity index (χ3n) is 2.25. The molecule has 1 rings (SSSR count). The zero-order valence-electron chi connectivity index (χ0n) is 11.7. The lowest BCUT2D eigenvalue weighted by atomic mass is 10.1. The molecule has 19 heavy (non-hydrogen) atoms. The van der Waals surface area contributed by atoms with Gasteiger partial charge in [-0.2, -0.15) is 0 Å². The number of urea groups is 1. The molecular formula is C14H22N2O3. The summed E-state index contributed by atoms with van der Waals surface area (Å²) in [5, 5.41) is 14.4. The van der Waals surface area contributed by atoms with Crippen molar-refractivity contribution in [3.8, 4) is 5.75 Å². The van der Waals surface area contributed by atoms with Gasteiger partial charge in [0, 0.05) is 17.6 Å². The third-order valence-corrected chi connectivity index (χ3v) is 2.25. The van der Waals surface area contributed by atoms with Crippen LogP contribution in [0.15, 0.2) is 24.3 Å². The van der Waals surface area contributed by atoms with E-state index in [1.54, 1.807) is 0 Å². The van der Waals surface area contributed by atoms with Gasteiger partial charge < -0.3 is 20.5 Å². The number of benzene rings is 1. The zero-order valence-corrected chi connectivity index (χ0v) is 11.7. The summed E-state index contributed by atoms with van der Waals surface area (Å²) in [5.74, 6) is 0.674. The highest BCUT2D eigenvalue weighted by molar-refractivity contribution is 5.74. The summed E-state index contributed by atoms with van der Waals surface area (Å²) in [7, 11) is 0. The van der Waals surface area contributed by atoms with E-state index in [0.717, 1.165) is 5.56 Å². The molecule has 0 atom stereocenters. The fourth-order valence-electron chi connectivity index (χ4n) is 1.51. The van der Waals surface area contributed by atoms with Crippen molar-refractivity contribution in [2.75, 3.05) is 13.2 Å². The Morgan fingerprint density at radius 2 is 2.00 bits per heavy atom. The van der Waals surface area contributed by atoms with Gasteiger partial charge in [0.1, 0.15) is 12.4 Å². The molecule has 0 saturated carbocycles. The normalized spacial score (nSPS) is 10.9. The molecule has 0 aliphatic rings. The lowest BCUT2D eigenvalue weighted by Gasteiger charge is -2.21. The molecule has 0 aliphatic heterocycles. The van der Waals surface area contributed by atoms with Crippen LogP contribution in [0.4, 0.5) is 4.79 Å². The van der Waals surface area contributed by atoms with Crippen molar-refractivity contribution >= 4 is 6.03 Å². The molecule has 2 amide bonds. The van der Waals surface area contributed by atoms with Crippen molar-refractivity contribution in [2.24, 2.45) is 0 Å². The van der Waals surface area contributed by atoms with Crippen LogP contribution in [0.3, 0.4) is 0 Å². The molecule has 0 saturated heterocycles. The fourth-order valence-corrected chi connectivity index (χ4v) is 1.51. The molecular weight excluding hydrogens is 244 g/mol. The van der Waals surface area contributed by atoms with Gasteiger partial charge in [-0.15, -0.1) is 0 Å². The second-order valence-electron chi connectivity index (χ2n) is 5.24. The monoisotopic (exact) mass is 266 g/mol. The van der Waals surface area contributed by atoms with E-state index in [1.165, 1.54) is 0 Å². The first-order valence-corrected chi connectivity index (χ1v) is 6.30. The summed E-state index contributed by atoms with van der Waals surface area (Å²) in [4.78, 5) is 11.7. The van der Waals surface area contributed by atoms with Crippen molar-refractivity contribution in [1.82, 2.24) is 10.6 Å². The average molecular weight is 266 g/mol. The highest BCUT2D eigenvalue weighted by atomic mass is 16.5. The molecule has 0 bridgehead atoms. The lowest BCUT2D eigenvalue weighted by molar-refractivity contribution is 0.200. The molecule has 0 radical (unpaired) electrons. The van der Waals surface area contributed by atoms with E-state index in [0.29, 0.717) is 12.3 Å². The van der Waals surface area contributed by atoms with Gasteiger partial charge >= 0.3 is 6.03 Å². The minimum Gasteiger partial charge on any atom is -0.491 e. The maximum atomic E-state index is 11.7. The average Bonchev–Trinajstić information content (AvgIpc) is 2.32. The quantitative estimate of drug-likeness (QED) is 0.759. The molecule has 0 unspecified atom stereocenters. The first-order valence-electron chi connectivity index (χ1n) is 6.30. The predicted molar refractivity (Wildman–Crippen MR) is 74.1 cm³/mol. The second kappa shape index (κ2) is 6.99. The first-order chi connectivity index (χ1) is 8.92. The van der Waals surface area contributed by atoms with Gasteiger partial charge in [-0.05, 0) is 26.8 Å². The Morgan fingerprint density at radius 3 is 2.63 bits per heavy atom. The number of para-hydroxylation sites is 1. The first kappa shape index (κ1) is 15.3. The van der Waals surface area contributed by atoms with E-state index in [1.807, 2.05) is 45.0 Å². The Kier molecular flexibility index (Phi) is 5.63. The summed E-state index contributed by atoms with van der Waals surface area (Å²) < 4.78 is 5.40. The van der Waals surface area contributed by atoms with Gasteiger partial charge in [0.05, 0.1) is 6.61 Å². The van der Waals surface area contributed by atoms with E-state index in [2.05, 4.69) is 10.6 Å². The third kappa shape index (κ3) is 6.10. The minimum atomic E-state index is -0.267. The van der Waals surface area contributed by atoms with Crippen molar-refractivity contribution in [3.63, 3.8) is 0 Å². The summed E-state index contributed by atoms with van der Waals surface area (Å²) >= 11 is 0. The number of hydrogen-bond donors (Lipinski definition) is 3. The number of hydrogen-bond acceptors (Lipinski definition) is 3. The second-order valence-corrected chi connectivity index (χ2v) is 5.24.